The molecular formula is C20H22Cl2N4O. The number of nitrogens with zero attached hydrogens (tertiary/aromatic N) is 2. The minimum absolute atomic E-state index is 0.0586. The first-order valence-electron chi connectivity index (χ1n) is 8.21. The highest BCUT2D eigenvalue weighted by atomic mass is 35.5. The van der Waals surface area contributed by atoms with Crippen molar-refractivity contribution in [1.29, 1.82) is 5.41 Å². The highest BCUT2D eigenvalue weighted by Gasteiger charge is 2.38. The Labute approximate surface area is 169 Å². The van der Waals surface area contributed by atoms with Crippen LogP contribution in [-0.2, 0) is 4.79 Å². The van der Waals surface area contributed by atoms with Crippen molar-refractivity contribution in [2.75, 3.05) is 21.1 Å². The fraction of sp³-hybridized carbons (Fsp3) is 0.200. The molecule has 2 rings (SSSR count). The summed E-state index contributed by atoms with van der Waals surface area (Å²) in [7, 11) is 5.52. The molecule has 1 aliphatic heterocycles. The van der Waals surface area contributed by atoms with E-state index in [2.05, 4.69) is 11.9 Å². The lowest BCUT2D eigenvalue weighted by Crippen LogP contribution is -2.23. The summed E-state index contributed by atoms with van der Waals surface area (Å²) >= 11 is 12.0. The van der Waals surface area contributed by atoms with E-state index in [-0.39, 0.29) is 11.1 Å². The molecule has 1 fully saturated rings. The van der Waals surface area contributed by atoms with Gasteiger partial charge in [-0.2, -0.15) is 0 Å². The molecule has 0 aromatic heterocycles. The van der Waals surface area contributed by atoms with Gasteiger partial charge in [-0.3, -0.25) is 10.2 Å². The van der Waals surface area contributed by atoms with Gasteiger partial charge in [0.1, 0.15) is 0 Å². The zero-order valence-electron chi connectivity index (χ0n) is 15.5. The SMILES string of the molecule is C=C1C(=N)/C(=C\NC)C(c2ccc(Cl)cc2)N1C(/C=C(/Cl)C=O)=C/N(C)C. The second kappa shape index (κ2) is 8.93. The molecule has 2 N–H and O–H groups in total. The van der Waals surface area contributed by atoms with E-state index in [0.29, 0.717) is 28.4 Å². The van der Waals surface area contributed by atoms with Gasteiger partial charge in [0.15, 0.2) is 6.29 Å². The summed E-state index contributed by atoms with van der Waals surface area (Å²) in [6.45, 7) is 4.09. The molecule has 0 spiro atoms. The van der Waals surface area contributed by atoms with E-state index >= 15 is 0 Å². The van der Waals surface area contributed by atoms with Gasteiger partial charge in [-0.05, 0) is 23.8 Å². The Balaban J connectivity index is 2.69. The standard InChI is InChI=1S/C20H22Cl2N4O/c1-13-19(23)18(10-24-2)20(14-5-7-15(21)8-6-14)26(13)17(11-25(3)4)9-16(22)12-27/h5-12,20,23-24H,1H2,2-4H3/b16-9+,17-11+,18-10+,23-19?. The smallest absolute Gasteiger partial charge is 0.161 e. The Morgan fingerprint density at radius 3 is 2.48 bits per heavy atom. The molecule has 1 aromatic rings. The lowest BCUT2D eigenvalue weighted by atomic mass is 9.99. The van der Waals surface area contributed by atoms with Gasteiger partial charge in [-0.1, -0.05) is 41.9 Å². The average molecular weight is 405 g/mol. The predicted molar refractivity (Wildman–Crippen MR) is 112 cm³/mol. The number of carbonyl (C=O) groups excluding carboxylic acids is 1. The van der Waals surface area contributed by atoms with E-state index in [4.69, 9.17) is 28.6 Å². The molecule has 0 amide bonds. The number of likely N-dealkylation sites (tertiary alicyclic amines) is 1. The zero-order chi connectivity index (χ0) is 20.1. The van der Waals surface area contributed by atoms with Gasteiger partial charge >= 0.3 is 0 Å². The predicted octanol–water partition coefficient (Wildman–Crippen LogP) is 4.06. The van der Waals surface area contributed by atoms with E-state index in [9.17, 15) is 4.79 Å². The van der Waals surface area contributed by atoms with Crippen LogP contribution in [0, 0.1) is 5.41 Å². The van der Waals surface area contributed by atoms with Crippen molar-refractivity contribution in [3.63, 3.8) is 0 Å². The molecule has 142 valence electrons. The quantitative estimate of drug-likeness (QED) is 0.426. The molecule has 27 heavy (non-hydrogen) atoms. The topological polar surface area (TPSA) is 59.4 Å². The third-order valence-electron chi connectivity index (χ3n) is 3.97. The van der Waals surface area contributed by atoms with Crippen LogP contribution in [0.1, 0.15) is 11.6 Å². The first-order valence-corrected chi connectivity index (χ1v) is 8.96. The van der Waals surface area contributed by atoms with Crippen LogP contribution >= 0.6 is 23.2 Å². The Bertz CT molecular complexity index is 838. The third kappa shape index (κ3) is 4.62. The Kier molecular flexibility index (Phi) is 6.88. The van der Waals surface area contributed by atoms with Crippen molar-refractivity contribution in [3.05, 3.63) is 81.9 Å². The summed E-state index contributed by atoms with van der Waals surface area (Å²) in [5.74, 6) is 0. The average Bonchev–Trinajstić information content (AvgIpc) is 2.86. The number of hydrogen-bond acceptors (Lipinski definition) is 5. The molecular weight excluding hydrogens is 383 g/mol. The number of aldehydes is 1. The first kappa shape index (κ1) is 20.8. The van der Waals surface area contributed by atoms with Crippen molar-refractivity contribution < 1.29 is 4.79 Å². The van der Waals surface area contributed by atoms with E-state index in [0.717, 1.165) is 11.1 Å². The van der Waals surface area contributed by atoms with E-state index < -0.39 is 0 Å². The Morgan fingerprint density at radius 2 is 1.96 bits per heavy atom. The second-order valence-electron chi connectivity index (χ2n) is 6.20. The van der Waals surface area contributed by atoms with Crippen molar-refractivity contribution in [2.24, 2.45) is 0 Å². The lowest BCUT2D eigenvalue weighted by molar-refractivity contribution is -0.104. The minimum Gasteiger partial charge on any atom is -0.394 e. The maximum absolute atomic E-state index is 11.1. The van der Waals surface area contributed by atoms with Gasteiger partial charge in [0.05, 0.1) is 28.2 Å². The molecule has 1 heterocycles. The van der Waals surface area contributed by atoms with Crippen molar-refractivity contribution in [2.45, 2.75) is 6.04 Å². The number of hydrogen-bond donors (Lipinski definition) is 2. The molecule has 0 aliphatic carbocycles. The third-order valence-corrected chi connectivity index (χ3v) is 4.42. The summed E-state index contributed by atoms with van der Waals surface area (Å²) in [6, 6.07) is 7.12. The molecule has 7 heteroatoms. The van der Waals surface area contributed by atoms with Gasteiger partial charge in [0.2, 0.25) is 0 Å². The number of benzene rings is 1. The molecule has 1 atom stereocenters. The maximum Gasteiger partial charge on any atom is 0.161 e. The summed E-state index contributed by atoms with van der Waals surface area (Å²) < 4.78 is 0. The summed E-state index contributed by atoms with van der Waals surface area (Å²) in [6.07, 6.45) is 5.76. The molecule has 0 radical (unpaired) electrons. The van der Waals surface area contributed by atoms with Crippen LogP contribution in [0.2, 0.25) is 5.02 Å². The second-order valence-corrected chi connectivity index (χ2v) is 7.07. The Morgan fingerprint density at radius 1 is 1.33 bits per heavy atom. The zero-order valence-corrected chi connectivity index (χ0v) is 17.0. The van der Waals surface area contributed by atoms with Gasteiger partial charge < -0.3 is 15.1 Å². The van der Waals surface area contributed by atoms with Crippen molar-refractivity contribution in [1.82, 2.24) is 15.1 Å². The summed E-state index contributed by atoms with van der Waals surface area (Å²) in [4.78, 5) is 14.8. The van der Waals surface area contributed by atoms with Gasteiger partial charge in [0.25, 0.3) is 0 Å². The van der Waals surface area contributed by atoms with Crippen LogP contribution in [0.4, 0.5) is 0 Å². The monoisotopic (exact) mass is 404 g/mol. The molecule has 0 bridgehead atoms. The molecule has 1 aliphatic rings. The van der Waals surface area contributed by atoms with Crippen LogP contribution < -0.4 is 5.32 Å². The number of carbonyl (C=O) groups is 1. The number of allylic oxidation sites excluding steroid dienone is 3. The van der Waals surface area contributed by atoms with E-state index in [1.165, 1.54) is 0 Å². The molecule has 0 saturated carbocycles. The molecule has 1 aromatic carbocycles. The highest BCUT2D eigenvalue weighted by Crippen LogP contribution is 2.43. The normalized spacial score (nSPS) is 19.7. The first-order chi connectivity index (χ1) is 12.8. The van der Waals surface area contributed by atoms with Crippen LogP contribution in [0.3, 0.4) is 0 Å². The number of nitrogens with one attached hydrogen (secondary N) is 2. The van der Waals surface area contributed by atoms with Crippen LogP contribution in [0.15, 0.2) is 71.3 Å². The summed E-state index contributed by atoms with van der Waals surface area (Å²) in [5.41, 5.74) is 3.15. The minimum atomic E-state index is -0.312. The molecule has 1 saturated heterocycles. The molecule has 1 unspecified atom stereocenters. The van der Waals surface area contributed by atoms with Crippen LogP contribution in [-0.4, -0.2) is 42.9 Å². The van der Waals surface area contributed by atoms with Crippen molar-refractivity contribution >= 4 is 35.2 Å². The lowest BCUT2D eigenvalue weighted by Gasteiger charge is -2.29. The Hall–Kier alpha value is -2.50. The van der Waals surface area contributed by atoms with Crippen LogP contribution in [0.25, 0.3) is 0 Å². The van der Waals surface area contributed by atoms with Crippen LogP contribution in [0.5, 0.6) is 0 Å². The van der Waals surface area contributed by atoms with E-state index in [1.54, 1.807) is 31.5 Å². The number of halogens is 2. The summed E-state index contributed by atoms with van der Waals surface area (Å²) in [5, 5.41) is 12.2. The number of rotatable bonds is 6. The largest absolute Gasteiger partial charge is 0.394 e. The maximum atomic E-state index is 11.1. The molecule has 5 nitrogen and oxygen atoms in total. The van der Waals surface area contributed by atoms with Gasteiger partial charge in [-0.15, -0.1) is 0 Å². The highest BCUT2D eigenvalue weighted by molar-refractivity contribution is 6.38. The van der Waals surface area contributed by atoms with Gasteiger partial charge in [0, 0.05) is 44.1 Å². The van der Waals surface area contributed by atoms with E-state index in [1.807, 2.05) is 42.2 Å². The van der Waals surface area contributed by atoms with Gasteiger partial charge in [-0.25, -0.2) is 0 Å². The fourth-order valence-corrected chi connectivity index (χ4v) is 3.15. The fourth-order valence-electron chi connectivity index (χ4n) is 2.91. The van der Waals surface area contributed by atoms with Crippen molar-refractivity contribution in [3.8, 4) is 0 Å².